The molecule has 5 nitrogen and oxygen atoms in total. The number of ether oxygens (including phenoxy) is 1. The van der Waals surface area contributed by atoms with Gasteiger partial charge in [-0.05, 0) is 45.4 Å². The van der Waals surface area contributed by atoms with E-state index in [4.69, 9.17) is 4.74 Å². The van der Waals surface area contributed by atoms with Crippen molar-refractivity contribution in [2.45, 2.75) is 108 Å². The maximum absolute atomic E-state index is 13.6. The summed E-state index contributed by atoms with van der Waals surface area (Å²) in [7, 11) is 0. The minimum atomic E-state index is -0.0866. The topological polar surface area (TPSA) is 45.7 Å². The summed E-state index contributed by atoms with van der Waals surface area (Å²) >= 11 is 1.59. The van der Waals surface area contributed by atoms with E-state index in [1.54, 1.807) is 11.3 Å². The van der Waals surface area contributed by atoms with E-state index >= 15 is 0 Å². The van der Waals surface area contributed by atoms with Gasteiger partial charge in [0.05, 0.1) is 18.2 Å². The van der Waals surface area contributed by atoms with Crippen LogP contribution in [0.15, 0.2) is 11.6 Å². The van der Waals surface area contributed by atoms with Crippen LogP contribution in [0, 0.1) is 0 Å². The molecule has 1 saturated heterocycles. The number of piperidine rings is 1. The molecule has 2 heterocycles. The van der Waals surface area contributed by atoms with E-state index < -0.39 is 0 Å². The third-order valence-corrected chi connectivity index (χ3v) is 7.89. The van der Waals surface area contributed by atoms with E-state index in [-0.39, 0.29) is 11.9 Å². The highest BCUT2D eigenvalue weighted by molar-refractivity contribution is 7.13. The lowest BCUT2D eigenvalue weighted by atomic mass is 9.94. The second-order valence-electron chi connectivity index (χ2n) is 9.12. The summed E-state index contributed by atoms with van der Waals surface area (Å²) < 4.78 is 6.39. The van der Waals surface area contributed by atoms with Crippen molar-refractivity contribution in [2.75, 3.05) is 18.0 Å². The molecule has 0 radical (unpaired) electrons. The molecule has 29 heavy (non-hydrogen) atoms. The fourth-order valence-electron chi connectivity index (χ4n) is 5.33. The summed E-state index contributed by atoms with van der Waals surface area (Å²) in [5.74, 6) is 0.235. The molecular weight excluding hydrogens is 382 g/mol. The normalized spacial score (nSPS) is 24.4. The van der Waals surface area contributed by atoms with Gasteiger partial charge in [-0.2, -0.15) is 0 Å². The van der Waals surface area contributed by atoms with Crippen LogP contribution in [-0.4, -0.2) is 53.2 Å². The Kier molecular flexibility index (Phi) is 7.60. The average Bonchev–Trinajstić information content (AvgIpc) is 3.30. The van der Waals surface area contributed by atoms with Crippen LogP contribution in [0.3, 0.4) is 0 Å². The van der Waals surface area contributed by atoms with Crippen LogP contribution in [0.25, 0.3) is 0 Å². The highest BCUT2D eigenvalue weighted by Crippen LogP contribution is 2.31. The van der Waals surface area contributed by atoms with E-state index in [1.165, 1.54) is 51.4 Å². The molecule has 1 aliphatic heterocycles. The molecule has 1 amide bonds. The van der Waals surface area contributed by atoms with E-state index in [1.807, 2.05) is 16.5 Å². The predicted molar refractivity (Wildman–Crippen MR) is 118 cm³/mol. The summed E-state index contributed by atoms with van der Waals surface area (Å²) in [6, 6.07) is 0.230. The Balaban J connectivity index is 1.34. The number of carbonyl (C=O) groups is 1. The van der Waals surface area contributed by atoms with Crippen LogP contribution < -0.4 is 4.90 Å². The number of hydrogen-bond acceptors (Lipinski definition) is 5. The largest absolute Gasteiger partial charge is 0.375 e. The quantitative estimate of drug-likeness (QED) is 0.650. The zero-order chi connectivity index (χ0) is 20.1. The van der Waals surface area contributed by atoms with E-state index in [0.29, 0.717) is 18.2 Å². The molecule has 3 fully saturated rings. The molecule has 1 atom stereocenters. The van der Waals surface area contributed by atoms with Crippen LogP contribution in [0.5, 0.6) is 0 Å². The summed E-state index contributed by atoms with van der Waals surface area (Å²) in [6.07, 6.45) is 17.2. The second kappa shape index (κ2) is 10.4. The summed E-state index contributed by atoms with van der Waals surface area (Å²) in [6.45, 7) is 4.01. The van der Waals surface area contributed by atoms with Crippen LogP contribution >= 0.6 is 11.3 Å². The molecule has 1 aromatic rings. The maximum Gasteiger partial charge on any atom is 0.246 e. The van der Waals surface area contributed by atoms with Crippen LogP contribution in [0.1, 0.15) is 84.0 Å². The smallest absolute Gasteiger partial charge is 0.246 e. The molecular formula is C23H37N3O2S. The van der Waals surface area contributed by atoms with Gasteiger partial charge >= 0.3 is 0 Å². The Morgan fingerprint density at radius 3 is 2.28 bits per heavy atom. The van der Waals surface area contributed by atoms with Crippen molar-refractivity contribution >= 4 is 22.4 Å². The fraction of sp³-hybridized carbons (Fsp3) is 0.826. The number of rotatable bonds is 6. The zero-order valence-electron chi connectivity index (χ0n) is 17.9. The minimum Gasteiger partial charge on any atom is -0.375 e. The van der Waals surface area contributed by atoms with Gasteiger partial charge in [-0.1, -0.05) is 38.5 Å². The third-order valence-electron chi connectivity index (χ3n) is 7.12. The van der Waals surface area contributed by atoms with Crippen molar-refractivity contribution in [2.24, 2.45) is 0 Å². The predicted octanol–water partition coefficient (Wildman–Crippen LogP) is 5.01. The highest BCUT2D eigenvalue weighted by atomic mass is 32.1. The number of aromatic nitrogens is 1. The monoisotopic (exact) mass is 419 g/mol. The number of carbonyl (C=O) groups excluding carboxylic acids is 1. The second-order valence-corrected chi connectivity index (χ2v) is 10.00. The Hall–Kier alpha value is -0.980. The van der Waals surface area contributed by atoms with Gasteiger partial charge in [-0.25, -0.2) is 4.98 Å². The summed E-state index contributed by atoms with van der Waals surface area (Å²) in [5, 5.41) is 2.86. The van der Waals surface area contributed by atoms with Gasteiger partial charge in [0.15, 0.2) is 5.13 Å². The minimum absolute atomic E-state index is 0.0866. The van der Waals surface area contributed by atoms with Crippen molar-refractivity contribution in [3.05, 3.63) is 11.6 Å². The molecule has 3 aliphatic rings. The van der Waals surface area contributed by atoms with Crippen molar-refractivity contribution in [1.29, 1.82) is 0 Å². The van der Waals surface area contributed by atoms with E-state index in [0.717, 1.165) is 43.9 Å². The molecule has 6 heteroatoms. The lowest BCUT2D eigenvalue weighted by Crippen LogP contribution is -2.53. The van der Waals surface area contributed by atoms with Crippen LogP contribution in [0.2, 0.25) is 0 Å². The number of thiazole rings is 1. The zero-order valence-corrected chi connectivity index (χ0v) is 18.7. The SMILES string of the molecule is CC(C(=O)N(c1nccs1)C1CCCCC1)N1CCC(OC2CCCCC2)CC1. The first kappa shape index (κ1) is 21.3. The summed E-state index contributed by atoms with van der Waals surface area (Å²) in [5.41, 5.74) is 0. The van der Waals surface area contributed by atoms with E-state index in [9.17, 15) is 4.79 Å². The van der Waals surface area contributed by atoms with Gasteiger partial charge in [0.2, 0.25) is 5.91 Å². The Morgan fingerprint density at radius 2 is 1.66 bits per heavy atom. The third kappa shape index (κ3) is 5.39. The first-order chi connectivity index (χ1) is 14.2. The van der Waals surface area contributed by atoms with Gasteiger partial charge in [0.1, 0.15) is 0 Å². The maximum atomic E-state index is 13.6. The molecule has 1 aromatic heterocycles. The molecule has 1 unspecified atom stereocenters. The lowest BCUT2D eigenvalue weighted by Gasteiger charge is -2.40. The van der Waals surface area contributed by atoms with Crippen molar-refractivity contribution < 1.29 is 9.53 Å². The Bertz CT molecular complexity index is 618. The molecule has 0 bridgehead atoms. The molecule has 2 saturated carbocycles. The van der Waals surface area contributed by atoms with Crippen molar-refractivity contribution in [1.82, 2.24) is 9.88 Å². The van der Waals surface area contributed by atoms with Gasteiger partial charge in [0.25, 0.3) is 0 Å². The van der Waals surface area contributed by atoms with Crippen LogP contribution in [-0.2, 0) is 9.53 Å². The molecule has 0 aromatic carbocycles. The number of anilines is 1. The number of nitrogens with zero attached hydrogens (tertiary/aromatic N) is 3. The van der Waals surface area contributed by atoms with Gasteiger partial charge < -0.3 is 4.74 Å². The molecule has 0 N–H and O–H groups in total. The van der Waals surface area contributed by atoms with Crippen molar-refractivity contribution in [3.63, 3.8) is 0 Å². The number of amides is 1. The number of likely N-dealkylation sites (tertiary alicyclic amines) is 1. The van der Waals surface area contributed by atoms with E-state index in [2.05, 4.69) is 16.8 Å². The fourth-order valence-corrected chi connectivity index (χ4v) is 6.05. The summed E-state index contributed by atoms with van der Waals surface area (Å²) in [4.78, 5) is 22.5. The lowest BCUT2D eigenvalue weighted by molar-refractivity contribution is -0.125. The molecule has 0 spiro atoms. The molecule has 162 valence electrons. The Morgan fingerprint density at radius 1 is 1.03 bits per heavy atom. The highest BCUT2D eigenvalue weighted by Gasteiger charge is 2.35. The molecule has 4 rings (SSSR count). The molecule has 2 aliphatic carbocycles. The van der Waals surface area contributed by atoms with Gasteiger partial charge in [-0.15, -0.1) is 11.3 Å². The van der Waals surface area contributed by atoms with Crippen molar-refractivity contribution in [3.8, 4) is 0 Å². The Labute approximate surface area is 179 Å². The first-order valence-electron chi connectivity index (χ1n) is 11.8. The van der Waals surface area contributed by atoms with Gasteiger partial charge in [0, 0.05) is 30.7 Å². The number of hydrogen-bond donors (Lipinski definition) is 0. The van der Waals surface area contributed by atoms with Crippen LogP contribution in [0.4, 0.5) is 5.13 Å². The average molecular weight is 420 g/mol. The standard InChI is InChI=1S/C23H37N3O2S/c1-18(25-15-12-21(13-16-25)28-20-10-6-3-7-11-20)22(27)26(23-24-14-17-29-23)19-8-4-2-5-9-19/h14,17-21H,2-13,15-16H2,1H3. The van der Waals surface area contributed by atoms with Gasteiger partial charge in [-0.3, -0.25) is 14.6 Å². The first-order valence-corrected chi connectivity index (χ1v) is 12.7.